The second-order valence-electron chi connectivity index (χ2n) is 7.68. The highest BCUT2D eigenvalue weighted by atomic mass is 19.4. The molecular weight excluding hydrogens is 477 g/mol. The summed E-state index contributed by atoms with van der Waals surface area (Å²) in [6.07, 6.45) is -4.03. The maximum absolute atomic E-state index is 13.0. The van der Waals surface area contributed by atoms with Gasteiger partial charge in [0.1, 0.15) is 6.42 Å². The summed E-state index contributed by atoms with van der Waals surface area (Å²) in [5.41, 5.74) is 2.22. The maximum atomic E-state index is 13.0. The van der Waals surface area contributed by atoms with Crippen LogP contribution in [0.3, 0.4) is 0 Å². The summed E-state index contributed by atoms with van der Waals surface area (Å²) in [6, 6.07) is 14.7. The second-order valence-corrected chi connectivity index (χ2v) is 7.68. The first kappa shape index (κ1) is 24.7. The molecule has 0 bridgehead atoms. The molecule has 0 atom stereocenters. The van der Waals surface area contributed by atoms with Gasteiger partial charge in [-0.3, -0.25) is 4.79 Å². The Kier molecular flexibility index (Phi) is 7.50. The molecular formula is C24H21F3N6O3. The SMILES string of the molecule is N#CCC(=O)Nc1ccc(-c2ccnc(Nc3ccc(N4CCOCC4)cc3)n2)cc1OC(F)(F)F. The molecule has 36 heavy (non-hydrogen) atoms. The lowest BCUT2D eigenvalue weighted by Gasteiger charge is -2.28. The number of nitriles is 1. The molecule has 1 fully saturated rings. The fraction of sp³-hybridized carbons (Fsp3) is 0.250. The number of amides is 1. The summed E-state index contributed by atoms with van der Waals surface area (Å²) >= 11 is 0. The van der Waals surface area contributed by atoms with E-state index in [0.717, 1.165) is 30.5 Å². The van der Waals surface area contributed by atoms with E-state index in [-0.39, 0.29) is 11.6 Å². The van der Waals surface area contributed by atoms with E-state index in [4.69, 9.17) is 10.00 Å². The third kappa shape index (κ3) is 6.61. The molecule has 1 aromatic heterocycles. The van der Waals surface area contributed by atoms with Crippen molar-refractivity contribution in [3.63, 3.8) is 0 Å². The van der Waals surface area contributed by atoms with Crippen LogP contribution in [0.1, 0.15) is 6.42 Å². The number of ether oxygens (including phenoxy) is 2. The standard InChI is InChI=1S/C24H21F3N6O3/c25-24(26,27)36-21-15-16(1-6-20(21)31-22(34)7-9-28)19-8-10-29-23(32-19)30-17-2-4-18(5-3-17)33-11-13-35-14-12-33/h1-6,8,10,15H,7,11-14H2,(H,31,34)(H,29,30,32). The van der Waals surface area contributed by atoms with Crippen LogP contribution in [-0.4, -0.2) is 48.5 Å². The van der Waals surface area contributed by atoms with Gasteiger partial charge in [0.2, 0.25) is 11.9 Å². The fourth-order valence-corrected chi connectivity index (χ4v) is 3.55. The van der Waals surface area contributed by atoms with Gasteiger partial charge in [-0.2, -0.15) is 5.26 Å². The number of morpholine rings is 1. The van der Waals surface area contributed by atoms with Gasteiger partial charge in [0, 0.05) is 36.2 Å². The van der Waals surface area contributed by atoms with Crippen LogP contribution in [0.15, 0.2) is 54.7 Å². The Labute approximate surface area is 204 Å². The Bertz CT molecular complexity index is 1260. The first-order chi connectivity index (χ1) is 17.3. The molecule has 4 rings (SSSR count). The third-order valence-electron chi connectivity index (χ3n) is 5.17. The number of rotatable bonds is 7. The van der Waals surface area contributed by atoms with E-state index in [0.29, 0.717) is 24.5 Å². The van der Waals surface area contributed by atoms with Crippen molar-refractivity contribution in [2.24, 2.45) is 0 Å². The van der Waals surface area contributed by atoms with Crippen LogP contribution >= 0.6 is 0 Å². The molecule has 0 aliphatic carbocycles. The van der Waals surface area contributed by atoms with Crippen molar-refractivity contribution < 1.29 is 27.4 Å². The van der Waals surface area contributed by atoms with Crippen LogP contribution in [0, 0.1) is 11.3 Å². The molecule has 0 saturated carbocycles. The van der Waals surface area contributed by atoms with Gasteiger partial charge < -0.3 is 25.0 Å². The number of benzene rings is 2. The van der Waals surface area contributed by atoms with Crippen LogP contribution in [0.4, 0.5) is 36.2 Å². The van der Waals surface area contributed by atoms with Gasteiger partial charge in [-0.05, 0) is 42.5 Å². The number of nitrogens with one attached hydrogen (secondary N) is 2. The Morgan fingerprint density at radius 2 is 1.89 bits per heavy atom. The van der Waals surface area contributed by atoms with Crippen LogP contribution in [0.25, 0.3) is 11.3 Å². The zero-order valence-corrected chi connectivity index (χ0v) is 18.9. The van der Waals surface area contributed by atoms with Crippen LogP contribution < -0.4 is 20.3 Å². The molecule has 186 valence electrons. The molecule has 0 radical (unpaired) electrons. The Balaban J connectivity index is 1.53. The molecule has 3 aromatic rings. The number of aromatic nitrogens is 2. The van der Waals surface area contributed by atoms with Gasteiger partial charge in [0.05, 0.1) is 30.7 Å². The Hall–Kier alpha value is -4.37. The third-order valence-corrected chi connectivity index (χ3v) is 5.17. The molecule has 1 amide bonds. The van der Waals surface area contributed by atoms with E-state index in [1.165, 1.54) is 24.4 Å². The molecule has 1 aliphatic heterocycles. The molecule has 12 heteroatoms. The minimum absolute atomic E-state index is 0.218. The minimum atomic E-state index is -4.99. The smallest absolute Gasteiger partial charge is 0.404 e. The number of hydrogen-bond acceptors (Lipinski definition) is 8. The van der Waals surface area contributed by atoms with E-state index in [1.807, 2.05) is 24.3 Å². The quantitative estimate of drug-likeness (QED) is 0.491. The lowest BCUT2D eigenvalue weighted by Crippen LogP contribution is -2.36. The topological polar surface area (TPSA) is 112 Å². The maximum Gasteiger partial charge on any atom is 0.573 e. The number of halogens is 3. The largest absolute Gasteiger partial charge is 0.573 e. The van der Waals surface area contributed by atoms with Crippen molar-refractivity contribution in [3.8, 4) is 23.1 Å². The van der Waals surface area contributed by atoms with Crippen molar-refractivity contribution in [2.75, 3.05) is 41.8 Å². The molecule has 1 aliphatic rings. The zero-order valence-electron chi connectivity index (χ0n) is 18.9. The highest BCUT2D eigenvalue weighted by Crippen LogP contribution is 2.34. The van der Waals surface area contributed by atoms with Crippen LogP contribution in [0.2, 0.25) is 0 Å². The lowest BCUT2D eigenvalue weighted by atomic mass is 10.1. The van der Waals surface area contributed by atoms with Crippen molar-refractivity contribution in [3.05, 3.63) is 54.7 Å². The van der Waals surface area contributed by atoms with E-state index in [9.17, 15) is 18.0 Å². The average molecular weight is 498 g/mol. The van der Waals surface area contributed by atoms with E-state index in [2.05, 4.69) is 30.2 Å². The molecule has 2 N–H and O–H groups in total. The van der Waals surface area contributed by atoms with Crippen LogP contribution in [-0.2, 0) is 9.53 Å². The number of carbonyl (C=O) groups is 1. The molecule has 2 aromatic carbocycles. The number of hydrogen-bond donors (Lipinski definition) is 2. The summed E-state index contributed by atoms with van der Waals surface area (Å²) < 4.78 is 48.4. The highest BCUT2D eigenvalue weighted by molar-refractivity contribution is 5.94. The van der Waals surface area contributed by atoms with E-state index < -0.39 is 24.4 Å². The van der Waals surface area contributed by atoms with Crippen LogP contribution in [0.5, 0.6) is 5.75 Å². The molecule has 0 unspecified atom stereocenters. The monoisotopic (exact) mass is 498 g/mol. The van der Waals surface area contributed by atoms with Crippen molar-refractivity contribution in [1.82, 2.24) is 9.97 Å². The van der Waals surface area contributed by atoms with Gasteiger partial charge >= 0.3 is 6.36 Å². The van der Waals surface area contributed by atoms with Crippen molar-refractivity contribution in [1.29, 1.82) is 5.26 Å². The summed E-state index contributed by atoms with van der Waals surface area (Å²) in [7, 11) is 0. The molecule has 9 nitrogen and oxygen atoms in total. The van der Waals surface area contributed by atoms with Gasteiger partial charge in [-0.1, -0.05) is 6.07 Å². The first-order valence-electron chi connectivity index (χ1n) is 10.9. The predicted molar refractivity (Wildman–Crippen MR) is 126 cm³/mol. The lowest BCUT2D eigenvalue weighted by molar-refractivity contribution is -0.274. The first-order valence-corrected chi connectivity index (χ1v) is 10.9. The second kappa shape index (κ2) is 10.9. The highest BCUT2D eigenvalue weighted by Gasteiger charge is 2.32. The van der Waals surface area contributed by atoms with Crippen molar-refractivity contribution in [2.45, 2.75) is 12.8 Å². The number of carbonyl (C=O) groups excluding carboxylic acids is 1. The summed E-state index contributed by atoms with van der Waals surface area (Å²) in [4.78, 5) is 22.5. The van der Waals surface area contributed by atoms with Gasteiger partial charge in [0.15, 0.2) is 5.75 Å². The van der Waals surface area contributed by atoms with E-state index in [1.54, 1.807) is 6.07 Å². The Morgan fingerprint density at radius 1 is 1.14 bits per heavy atom. The molecule has 0 spiro atoms. The minimum Gasteiger partial charge on any atom is -0.404 e. The summed E-state index contributed by atoms with van der Waals surface area (Å²) in [6.45, 7) is 3.00. The Morgan fingerprint density at radius 3 is 2.58 bits per heavy atom. The zero-order chi connectivity index (χ0) is 25.5. The predicted octanol–water partition coefficient (Wildman–Crippen LogP) is 4.47. The average Bonchev–Trinajstić information content (AvgIpc) is 2.85. The van der Waals surface area contributed by atoms with Gasteiger partial charge in [0.25, 0.3) is 0 Å². The normalized spacial score (nSPS) is 13.6. The number of nitrogens with zero attached hydrogens (tertiary/aromatic N) is 4. The molecule has 2 heterocycles. The van der Waals surface area contributed by atoms with Crippen molar-refractivity contribution >= 4 is 28.9 Å². The number of alkyl halides is 3. The van der Waals surface area contributed by atoms with E-state index >= 15 is 0 Å². The molecule has 1 saturated heterocycles. The summed E-state index contributed by atoms with van der Waals surface area (Å²) in [5, 5.41) is 13.9. The number of anilines is 4. The summed E-state index contributed by atoms with van der Waals surface area (Å²) in [5.74, 6) is -1.14. The fourth-order valence-electron chi connectivity index (χ4n) is 3.55. The van der Waals surface area contributed by atoms with Gasteiger partial charge in [-0.25, -0.2) is 9.97 Å². The van der Waals surface area contributed by atoms with Gasteiger partial charge in [-0.15, -0.1) is 13.2 Å².